The molecule has 80 valence electrons. The van der Waals surface area contributed by atoms with Crippen LogP contribution in [-0.4, -0.2) is 6.29 Å². The minimum absolute atomic E-state index is 0.784. The number of hydrogen-bond acceptors (Lipinski definition) is 1. The molecule has 0 fully saturated rings. The fourth-order valence-corrected chi connectivity index (χ4v) is 1.22. The third kappa shape index (κ3) is 9.24. The molecule has 0 aromatic rings. The van der Waals surface area contributed by atoms with Crippen LogP contribution in [0.2, 0.25) is 0 Å². The Balaban J connectivity index is 3.31. The first-order valence-electron chi connectivity index (χ1n) is 5.60. The van der Waals surface area contributed by atoms with Gasteiger partial charge in [-0.05, 0) is 25.3 Å². The van der Waals surface area contributed by atoms with Crippen LogP contribution in [0.15, 0.2) is 23.8 Å². The summed E-state index contributed by atoms with van der Waals surface area (Å²) in [7, 11) is 0. The Kier molecular flexibility index (Phi) is 9.61. The van der Waals surface area contributed by atoms with Crippen molar-refractivity contribution in [3.8, 4) is 0 Å². The zero-order valence-corrected chi connectivity index (χ0v) is 9.46. The van der Waals surface area contributed by atoms with Gasteiger partial charge in [-0.2, -0.15) is 0 Å². The molecule has 0 rings (SSSR count). The summed E-state index contributed by atoms with van der Waals surface area (Å²) in [6.07, 6.45) is 14.6. The zero-order valence-electron chi connectivity index (χ0n) is 9.46. The molecule has 0 heterocycles. The molecule has 0 amide bonds. The highest BCUT2D eigenvalue weighted by atomic mass is 16.1. The van der Waals surface area contributed by atoms with Crippen molar-refractivity contribution in [2.24, 2.45) is 0 Å². The predicted molar refractivity (Wildman–Crippen MR) is 62.3 cm³/mol. The molecule has 0 radical (unpaired) electrons. The van der Waals surface area contributed by atoms with Crippen molar-refractivity contribution in [3.63, 3.8) is 0 Å². The maximum atomic E-state index is 10.2. The highest BCUT2D eigenvalue weighted by Gasteiger charge is 1.85. The average Bonchev–Trinajstić information content (AvgIpc) is 2.21. The third-order valence-corrected chi connectivity index (χ3v) is 2.16. The summed E-state index contributed by atoms with van der Waals surface area (Å²) in [5.74, 6) is 0. The molecule has 0 unspecified atom stereocenters. The van der Waals surface area contributed by atoms with E-state index in [9.17, 15) is 4.79 Å². The number of carbonyl (C=O) groups excluding carboxylic acids is 1. The number of rotatable bonds is 8. The monoisotopic (exact) mass is 194 g/mol. The molecule has 0 aromatic heterocycles. The second-order valence-electron chi connectivity index (χ2n) is 3.66. The van der Waals surface area contributed by atoms with Crippen LogP contribution in [0.25, 0.3) is 0 Å². The molecular weight excluding hydrogens is 172 g/mol. The number of allylic oxidation sites excluding steroid dienone is 4. The molecule has 0 atom stereocenters. The topological polar surface area (TPSA) is 17.1 Å². The maximum absolute atomic E-state index is 10.2. The van der Waals surface area contributed by atoms with Gasteiger partial charge < -0.3 is 0 Å². The van der Waals surface area contributed by atoms with Gasteiger partial charge in [0.1, 0.15) is 6.29 Å². The molecule has 0 saturated heterocycles. The standard InChI is InChI=1S/C13H22O/c1-3-4-5-6-7-8-9-10-11-13(2)12-14/h9-12H,3-8H2,1-2H3/b10-9+,13-11+. The van der Waals surface area contributed by atoms with Crippen molar-refractivity contribution >= 4 is 6.29 Å². The van der Waals surface area contributed by atoms with Crippen LogP contribution in [0.1, 0.15) is 52.4 Å². The second kappa shape index (κ2) is 10.2. The number of unbranched alkanes of at least 4 members (excludes halogenated alkanes) is 5. The molecule has 14 heavy (non-hydrogen) atoms. The van der Waals surface area contributed by atoms with Crippen molar-refractivity contribution in [3.05, 3.63) is 23.8 Å². The van der Waals surface area contributed by atoms with E-state index in [0.29, 0.717) is 0 Å². The van der Waals surface area contributed by atoms with Gasteiger partial charge in [0.25, 0.3) is 0 Å². The Hall–Kier alpha value is -0.850. The van der Waals surface area contributed by atoms with Crippen LogP contribution < -0.4 is 0 Å². The van der Waals surface area contributed by atoms with Gasteiger partial charge in [0.15, 0.2) is 0 Å². The van der Waals surface area contributed by atoms with Gasteiger partial charge in [-0.3, -0.25) is 4.79 Å². The fourth-order valence-electron chi connectivity index (χ4n) is 1.22. The quantitative estimate of drug-likeness (QED) is 0.246. The van der Waals surface area contributed by atoms with E-state index in [1.165, 1.54) is 32.1 Å². The first kappa shape index (κ1) is 13.2. The summed E-state index contributed by atoms with van der Waals surface area (Å²) >= 11 is 0. The first-order chi connectivity index (χ1) is 6.81. The Morgan fingerprint density at radius 2 is 1.86 bits per heavy atom. The molecule has 0 aliphatic carbocycles. The van der Waals surface area contributed by atoms with E-state index in [4.69, 9.17) is 0 Å². The summed E-state index contributed by atoms with van der Waals surface area (Å²) in [4.78, 5) is 10.2. The number of aldehydes is 1. The Bertz CT molecular complexity index is 189. The molecular formula is C13H22O. The molecule has 0 saturated carbocycles. The van der Waals surface area contributed by atoms with Gasteiger partial charge in [-0.25, -0.2) is 0 Å². The fraction of sp³-hybridized carbons (Fsp3) is 0.615. The lowest BCUT2D eigenvalue weighted by molar-refractivity contribution is -0.104. The minimum atomic E-state index is 0.784. The van der Waals surface area contributed by atoms with E-state index >= 15 is 0 Å². The molecule has 0 aliphatic heterocycles. The van der Waals surface area contributed by atoms with Gasteiger partial charge >= 0.3 is 0 Å². The van der Waals surface area contributed by atoms with Crippen LogP contribution in [0.3, 0.4) is 0 Å². The van der Waals surface area contributed by atoms with Gasteiger partial charge in [-0.1, -0.05) is 50.8 Å². The largest absolute Gasteiger partial charge is 0.298 e. The Morgan fingerprint density at radius 3 is 2.50 bits per heavy atom. The molecule has 0 aliphatic rings. The van der Waals surface area contributed by atoms with E-state index in [0.717, 1.165) is 18.3 Å². The number of carbonyl (C=O) groups is 1. The second-order valence-corrected chi connectivity index (χ2v) is 3.66. The molecule has 0 aromatic carbocycles. The smallest absolute Gasteiger partial charge is 0.145 e. The van der Waals surface area contributed by atoms with E-state index in [1.807, 2.05) is 19.1 Å². The van der Waals surface area contributed by atoms with Crippen LogP contribution in [0.4, 0.5) is 0 Å². The van der Waals surface area contributed by atoms with Crippen molar-refractivity contribution in [1.29, 1.82) is 0 Å². The molecule has 0 bridgehead atoms. The third-order valence-electron chi connectivity index (χ3n) is 2.16. The zero-order chi connectivity index (χ0) is 10.6. The van der Waals surface area contributed by atoms with Crippen LogP contribution >= 0.6 is 0 Å². The normalized spacial score (nSPS) is 12.3. The molecule has 0 spiro atoms. The lowest BCUT2D eigenvalue weighted by atomic mass is 10.1. The molecule has 1 heteroatoms. The number of hydrogen-bond donors (Lipinski definition) is 0. The lowest BCUT2D eigenvalue weighted by Crippen LogP contribution is -1.76. The SMILES string of the molecule is CCCCCCC/C=C/C=C(\C)C=O. The van der Waals surface area contributed by atoms with Gasteiger partial charge in [-0.15, -0.1) is 0 Å². The lowest BCUT2D eigenvalue weighted by Gasteiger charge is -1.95. The van der Waals surface area contributed by atoms with Gasteiger partial charge in [0, 0.05) is 0 Å². The summed E-state index contributed by atoms with van der Waals surface area (Å²) < 4.78 is 0. The summed E-state index contributed by atoms with van der Waals surface area (Å²) in [5, 5.41) is 0. The van der Waals surface area contributed by atoms with Crippen LogP contribution in [0.5, 0.6) is 0 Å². The van der Waals surface area contributed by atoms with E-state index in [2.05, 4.69) is 13.0 Å². The maximum Gasteiger partial charge on any atom is 0.145 e. The molecule has 1 nitrogen and oxygen atoms in total. The molecule has 0 N–H and O–H groups in total. The van der Waals surface area contributed by atoms with Crippen molar-refractivity contribution < 1.29 is 4.79 Å². The Labute approximate surface area is 87.9 Å². The minimum Gasteiger partial charge on any atom is -0.298 e. The Morgan fingerprint density at radius 1 is 1.14 bits per heavy atom. The first-order valence-corrected chi connectivity index (χ1v) is 5.60. The summed E-state index contributed by atoms with van der Waals surface area (Å²) in [6.45, 7) is 4.05. The van der Waals surface area contributed by atoms with Gasteiger partial charge in [0.2, 0.25) is 0 Å². The van der Waals surface area contributed by atoms with E-state index < -0.39 is 0 Å². The van der Waals surface area contributed by atoms with Crippen molar-refractivity contribution in [2.45, 2.75) is 52.4 Å². The van der Waals surface area contributed by atoms with Crippen LogP contribution in [-0.2, 0) is 4.79 Å². The van der Waals surface area contributed by atoms with E-state index in [-0.39, 0.29) is 0 Å². The predicted octanol–water partition coefficient (Wildman–Crippen LogP) is 4.05. The average molecular weight is 194 g/mol. The summed E-state index contributed by atoms with van der Waals surface area (Å²) in [6, 6.07) is 0. The highest BCUT2D eigenvalue weighted by molar-refractivity contribution is 5.72. The van der Waals surface area contributed by atoms with E-state index in [1.54, 1.807) is 0 Å². The summed E-state index contributed by atoms with van der Waals surface area (Å²) in [5.41, 5.74) is 0.784. The van der Waals surface area contributed by atoms with Gasteiger partial charge in [0.05, 0.1) is 0 Å². The van der Waals surface area contributed by atoms with Crippen LogP contribution in [0, 0.1) is 0 Å². The highest BCUT2D eigenvalue weighted by Crippen LogP contribution is 2.05. The van der Waals surface area contributed by atoms with Crippen molar-refractivity contribution in [2.75, 3.05) is 0 Å². The van der Waals surface area contributed by atoms with Crippen molar-refractivity contribution in [1.82, 2.24) is 0 Å².